The zero-order chi connectivity index (χ0) is 11.9. The van der Waals surface area contributed by atoms with Crippen LogP contribution in [0.4, 0.5) is 0 Å². The van der Waals surface area contributed by atoms with Crippen molar-refractivity contribution in [3.05, 3.63) is 66.7 Å². The molecule has 0 saturated heterocycles. The van der Waals surface area contributed by atoms with Gasteiger partial charge in [0.15, 0.2) is 0 Å². The number of rotatable bonds is 0. The lowest BCUT2D eigenvalue weighted by Gasteiger charge is -2.05. The van der Waals surface area contributed by atoms with Crippen molar-refractivity contribution in [1.29, 1.82) is 0 Å². The van der Waals surface area contributed by atoms with Crippen molar-refractivity contribution in [1.82, 2.24) is 4.98 Å². The first-order chi connectivity index (χ1) is 8.92. The fourth-order valence-electron chi connectivity index (χ4n) is 2.53. The van der Waals surface area contributed by atoms with E-state index in [0.717, 1.165) is 11.0 Å². The minimum Gasteiger partial charge on any atom is -0.248 e. The summed E-state index contributed by atoms with van der Waals surface area (Å²) in [6.45, 7) is 0. The van der Waals surface area contributed by atoms with Crippen LogP contribution >= 0.6 is 0 Å². The number of benzene rings is 3. The van der Waals surface area contributed by atoms with Gasteiger partial charge in [0, 0.05) is 10.8 Å². The van der Waals surface area contributed by atoms with Gasteiger partial charge in [-0.1, -0.05) is 48.5 Å². The topological polar surface area (TPSA) is 12.9 Å². The molecule has 0 spiro atoms. The lowest BCUT2D eigenvalue weighted by atomic mass is 10.0. The second kappa shape index (κ2) is 3.54. The lowest BCUT2D eigenvalue weighted by molar-refractivity contribution is 1.51. The van der Waals surface area contributed by atoms with Crippen LogP contribution in [0.1, 0.15) is 0 Å². The molecule has 0 saturated carbocycles. The van der Waals surface area contributed by atoms with Gasteiger partial charge in [-0.25, -0.2) is 4.98 Å². The van der Waals surface area contributed by atoms with E-state index in [9.17, 15) is 0 Å². The minimum atomic E-state index is 1.06. The third-order valence-corrected chi connectivity index (χ3v) is 3.43. The first kappa shape index (κ1) is 9.60. The fraction of sp³-hybridized carbons (Fsp3) is 0. The zero-order valence-electron chi connectivity index (χ0n) is 9.80. The van der Waals surface area contributed by atoms with Gasteiger partial charge in [-0.05, 0) is 29.0 Å². The highest BCUT2D eigenvalue weighted by molar-refractivity contribution is 6.09. The molecule has 4 aromatic rings. The molecule has 3 aromatic carbocycles. The Morgan fingerprint density at radius 1 is 0.556 bits per heavy atom. The zero-order valence-corrected chi connectivity index (χ0v) is 9.80. The quantitative estimate of drug-likeness (QED) is 0.318. The Morgan fingerprint density at radius 2 is 1.33 bits per heavy atom. The van der Waals surface area contributed by atoms with Crippen LogP contribution < -0.4 is 0 Å². The number of fused-ring (bicyclic) bond motifs is 4. The SMILES string of the molecule is c1ccc2nc3ccc4ccccc4c3cc2c1. The highest BCUT2D eigenvalue weighted by Gasteiger charge is 2.02. The van der Waals surface area contributed by atoms with Crippen LogP contribution in [0.2, 0.25) is 0 Å². The third kappa shape index (κ3) is 1.31. The van der Waals surface area contributed by atoms with Gasteiger partial charge in [0.2, 0.25) is 0 Å². The number of aromatic nitrogens is 1. The van der Waals surface area contributed by atoms with Gasteiger partial charge in [0.05, 0.1) is 11.0 Å². The molecule has 0 atom stereocenters. The molecule has 0 amide bonds. The van der Waals surface area contributed by atoms with Crippen molar-refractivity contribution in [3.63, 3.8) is 0 Å². The van der Waals surface area contributed by atoms with Gasteiger partial charge in [-0.15, -0.1) is 0 Å². The second-order valence-electron chi connectivity index (χ2n) is 4.53. The summed E-state index contributed by atoms with van der Waals surface area (Å²) in [4.78, 5) is 4.73. The Labute approximate surface area is 105 Å². The number of nitrogens with zero attached hydrogens (tertiary/aromatic N) is 1. The number of para-hydroxylation sites is 1. The van der Waals surface area contributed by atoms with Gasteiger partial charge < -0.3 is 0 Å². The van der Waals surface area contributed by atoms with Gasteiger partial charge in [0.1, 0.15) is 0 Å². The number of hydrogen-bond acceptors (Lipinski definition) is 1. The Morgan fingerprint density at radius 3 is 2.28 bits per heavy atom. The van der Waals surface area contributed by atoms with Gasteiger partial charge in [-0.3, -0.25) is 0 Å². The molecule has 0 aliphatic carbocycles. The van der Waals surface area contributed by atoms with E-state index in [4.69, 9.17) is 4.98 Å². The van der Waals surface area contributed by atoms with Gasteiger partial charge >= 0.3 is 0 Å². The van der Waals surface area contributed by atoms with Gasteiger partial charge in [0.25, 0.3) is 0 Å². The highest BCUT2D eigenvalue weighted by atomic mass is 14.7. The first-order valence-corrected chi connectivity index (χ1v) is 6.09. The molecule has 4 rings (SSSR count). The van der Waals surface area contributed by atoms with Crippen LogP contribution in [0.25, 0.3) is 32.6 Å². The molecule has 1 nitrogen and oxygen atoms in total. The van der Waals surface area contributed by atoms with Crippen LogP contribution in [0.5, 0.6) is 0 Å². The summed E-state index contributed by atoms with van der Waals surface area (Å²) in [6.07, 6.45) is 0. The molecule has 1 aromatic heterocycles. The molecular weight excluding hydrogens is 218 g/mol. The normalized spacial score (nSPS) is 11.3. The summed E-state index contributed by atoms with van der Waals surface area (Å²) in [5, 5.41) is 4.96. The maximum atomic E-state index is 4.73. The van der Waals surface area contributed by atoms with E-state index >= 15 is 0 Å². The Bertz CT molecular complexity index is 872. The van der Waals surface area contributed by atoms with E-state index in [0.29, 0.717) is 0 Å². The summed E-state index contributed by atoms with van der Waals surface area (Å²) >= 11 is 0. The Kier molecular flexibility index (Phi) is 1.89. The molecule has 0 unspecified atom stereocenters. The highest BCUT2D eigenvalue weighted by Crippen LogP contribution is 2.26. The lowest BCUT2D eigenvalue weighted by Crippen LogP contribution is -1.83. The van der Waals surface area contributed by atoms with Crippen molar-refractivity contribution in [2.45, 2.75) is 0 Å². The number of hydrogen-bond donors (Lipinski definition) is 0. The molecule has 0 bridgehead atoms. The number of pyridine rings is 1. The molecule has 0 N–H and O–H groups in total. The molecular formula is C17H11N. The molecule has 0 fully saturated rings. The molecule has 1 heteroatoms. The van der Waals surface area contributed by atoms with E-state index < -0.39 is 0 Å². The Hall–Kier alpha value is -2.41. The molecule has 0 aliphatic rings. The maximum Gasteiger partial charge on any atom is 0.0716 e. The Balaban J connectivity index is 2.27. The minimum absolute atomic E-state index is 1.06. The fourth-order valence-corrected chi connectivity index (χ4v) is 2.53. The second-order valence-corrected chi connectivity index (χ2v) is 4.53. The standard InChI is InChI=1S/C17H11N/c1-3-7-14-12(5-1)9-10-17-15(14)11-13-6-2-4-8-16(13)18-17/h1-11H. The van der Waals surface area contributed by atoms with E-state index in [-0.39, 0.29) is 0 Å². The van der Waals surface area contributed by atoms with Crippen LogP contribution in [0.15, 0.2) is 66.7 Å². The molecule has 0 radical (unpaired) electrons. The largest absolute Gasteiger partial charge is 0.248 e. The first-order valence-electron chi connectivity index (χ1n) is 6.09. The molecule has 84 valence electrons. The van der Waals surface area contributed by atoms with E-state index in [1.165, 1.54) is 21.5 Å². The summed E-state index contributed by atoms with van der Waals surface area (Å²) < 4.78 is 0. The predicted molar refractivity (Wildman–Crippen MR) is 76.8 cm³/mol. The third-order valence-electron chi connectivity index (χ3n) is 3.43. The van der Waals surface area contributed by atoms with Crippen LogP contribution in [-0.4, -0.2) is 4.98 Å². The smallest absolute Gasteiger partial charge is 0.0716 e. The summed E-state index contributed by atoms with van der Waals surface area (Å²) in [5.74, 6) is 0. The molecule has 0 aliphatic heterocycles. The summed E-state index contributed by atoms with van der Waals surface area (Å²) in [6, 6.07) is 23.2. The monoisotopic (exact) mass is 229 g/mol. The predicted octanol–water partition coefficient (Wildman–Crippen LogP) is 4.54. The average molecular weight is 229 g/mol. The van der Waals surface area contributed by atoms with E-state index in [1.54, 1.807) is 0 Å². The van der Waals surface area contributed by atoms with Crippen molar-refractivity contribution in [2.75, 3.05) is 0 Å². The maximum absolute atomic E-state index is 4.73. The average Bonchev–Trinajstić information content (AvgIpc) is 2.45. The van der Waals surface area contributed by atoms with Crippen molar-refractivity contribution >= 4 is 32.6 Å². The van der Waals surface area contributed by atoms with Crippen molar-refractivity contribution < 1.29 is 0 Å². The summed E-state index contributed by atoms with van der Waals surface area (Å²) in [7, 11) is 0. The molecule has 1 heterocycles. The van der Waals surface area contributed by atoms with E-state index in [1.807, 2.05) is 6.07 Å². The van der Waals surface area contributed by atoms with Crippen LogP contribution in [0.3, 0.4) is 0 Å². The van der Waals surface area contributed by atoms with Crippen molar-refractivity contribution in [3.8, 4) is 0 Å². The van der Waals surface area contributed by atoms with E-state index in [2.05, 4.69) is 60.7 Å². The summed E-state index contributed by atoms with van der Waals surface area (Å²) in [5.41, 5.74) is 2.12. The van der Waals surface area contributed by atoms with Crippen LogP contribution in [-0.2, 0) is 0 Å². The van der Waals surface area contributed by atoms with Crippen LogP contribution in [0, 0.1) is 0 Å². The van der Waals surface area contributed by atoms with Gasteiger partial charge in [-0.2, -0.15) is 0 Å². The van der Waals surface area contributed by atoms with Crippen molar-refractivity contribution in [2.24, 2.45) is 0 Å². The molecule has 18 heavy (non-hydrogen) atoms.